The van der Waals surface area contributed by atoms with Crippen LogP contribution >= 0.6 is 0 Å². The summed E-state index contributed by atoms with van der Waals surface area (Å²) in [7, 11) is -12.2. The number of hydrogen-bond acceptors (Lipinski definition) is 6. The maximum absolute atomic E-state index is 10.7. The van der Waals surface area contributed by atoms with Crippen molar-refractivity contribution in [2.75, 3.05) is 0 Å². The van der Waals surface area contributed by atoms with Crippen LogP contribution in [0.5, 0.6) is 0 Å². The molecule has 0 saturated heterocycles. The molecule has 120 valence electrons. The zero-order chi connectivity index (χ0) is 14.0. The first-order chi connectivity index (χ1) is 6.50. The molecule has 0 aliphatic carbocycles. The van der Waals surface area contributed by atoms with Crippen molar-refractivity contribution < 1.29 is 105 Å². The third kappa shape index (κ3) is 11.9. The molecule has 0 saturated carbocycles. The molecule has 0 fully saturated rings. The summed E-state index contributed by atoms with van der Waals surface area (Å²) in [6.45, 7) is 0. The Hall–Kier alpha value is 0.879. The van der Waals surface area contributed by atoms with Crippen LogP contribution < -0.4 is 0 Å². The van der Waals surface area contributed by atoms with Crippen molar-refractivity contribution in [1.82, 2.24) is 0 Å². The van der Waals surface area contributed by atoms with Crippen molar-refractivity contribution in [3.63, 3.8) is 0 Å². The molecule has 16 heteroatoms. The normalized spacial score (nSPS) is 12.4. The first-order valence-electron chi connectivity index (χ1n) is 2.54. The molecular formula is C2H2F6O7S2Yb. The third-order valence-corrected chi connectivity index (χ3v) is 1.70. The standard InChI is InChI=1S/2CHF3O3S.H2O.Yb/c2*2-1(3,4)8(5,6)7;;/h2*(H,5,6,7);1H2;/q;;;+2/p-2. The first kappa shape index (κ1) is 27.3. The van der Waals surface area contributed by atoms with E-state index in [1.807, 2.05) is 0 Å². The van der Waals surface area contributed by atoms with Crippen molar-refractivity contribution >= 4 is 20.2 Å². The fraction of sp³-hybridized carbons (Fsp3) is 1.00. The maximum Gasteiger partial charge on any atom is 2.00 e. The number of alkyl halides is 6. The Labute approximate surface area is 135 Å². The van der Waals surface area contributed by atoms with Crippen LogP contribution in [0.2, 0.25) is 0 Å². The van der Waals surface area contributed by atoms with Crippen LogP contribution in [0.25, 0.3) is 0 Å². The molecule has 0 aromatic heterocycles. The quantitative estimate of drug-likeness (QED) is 0.249. The van der Waals surface area contributed by atoms with Crippen molar-refractivity contribution in [2.24, 2.45) is 0 Å². The summed E-state index contributed by atoms with van der Waals surface area (Å²) in [5.41, 5.74) is -11.3. The minimum Gasteiger partial charge on any atom is -0.741 e. The average molecular weight is 489 g/mol. The zero-order valence-electron chi connectivity index (χ0n) is 7.30. The van der Waals surface area contributed by atoms with E-state index >= 15 is 0 Å². The Morgan fingerprint density at radius 3 is 0.722 bits per heavy atom. The van der Waals surface area contributed by atoms with E-state index in [2.05, 4.69) is 0 Å². The van der Waals surface area contributed by atoms with Crippen molar-refractivity contribution in [3.05, 3.63) is 0 Å². The van der Waals surface area contributed by atoms with Crippen molar-refractivity contribution in [2.45, 2.75) is 11.0 Å². The minimum absolute atomic E-state index is 0. The second-order valence-corrected chi connectivity index (χ2v) is 4.54. The van der Waals surface area contributed by atoms with Crippen molar-refractivity contribution in [3.8, 4) is 0 Å². The summed E-state index contributed by atoms with van der Waals surface area (Å²) in [5.74, 6) is 0. The Bertz CT molecular complexity index is 376. The molecule has 0 aromatic carbocycles. The molecule has 2 N–H and O–H groups in total. The second-order valence-electron chi connectivity index (χ2n) is 1.80. The SMILES string of the molecule is O.O=S(=O)([O-])C(F)(F)F.O=S(=O)([O-])C(F)(F)F.[Yb+2]. The van der Waals surface area contributed by atoms with E-state index in [1.165, 1.54) is 0 Å². The second kappa shape index (κ2) is 8.23. The molecule has 0 rings (SSSR count). The van der Waals surface area contributed by atoms with Gasteiger partial charge in [-0.25, -0.2) is 16.8 Å². The maximum atomic E-state index is 10.7. The third-order valence-electron chi connectivity index (χ3n) is 0.567. The topological polar surface area (TPSA) is 146 Å². The molecule has 0 bridgehead atoms. The molecule has 0 radical (unpaired) electrons. The molecule has 0 unspecified atom stereocenters. The predicted molar refractivity (Wildman–Crippen MR) is 35.1 cm³/mol. The molecular weight excluding hydrogens is 487 g/mol. The molecule has 18 heavy (non-hydrogen) atoms. The number of halogens is 6. The van der Waals surface area contributed by atoms with E-state index in [0.29, 0.717) is 0 Å². The van der Waals surface area contributed by atoms with Crippen LogP contribution in [-0.4, -0.2) is 42.4 Å². The van der Waals surface area contributed by atoms with Crippen LogP contribution in [0.4, 0.5) is 26.3 Å². The molecule has 0 spiro atoms. The van der Waals surface area contributed by atoms with Crippen LogP contribution in [0.15, 0.2) is 0 Å². The van der Waals surface area contributed by atoms with Gasteiger partial charge in [0.05, 0.1) is 0 Å². The molecule has 7 nitrogen and oxygen atoms in total. The van der Waals surface area contributed by atoms with E-state index in [9.17, 15) is 26.3 Å². The Kier molecular flexibility index (Phi) is 12.5. The Morgan fingerprint density at radius 2 is 0.722 bits per heavy atom. The van der Waals surface area contributed by atoms with Gasteiger partial charge in [-0.1, -0.05) is 0 Å². The fourth-order valence-corrected chi connectivity index (χ4v) is 0. The van der Waals surface area contributed by atoms with Gasteiger partial charge in [0.15, 0.2) is 20.2 Å². The summed E-state index contributed by atoms with van der Waals surface area (Å²) < 4.78 is 118. The predicted octanol–water partition coefficient (Wildman–Crippen LogP) is -0.722. The van der Waals surface area contributed by atoms with E-state index in [-0.39, 0.29) is 52.4 Å². The van der Waals surface area contributed by atoms with Gasteiger partial charge in [0.2, 0.25) is 0 Å². The van der Waals surface area contributed by atoms with Gasteiger partial charge in [-0.05, 0) is 0 Å². The molecule has 0 atom stereocenters. The summed E-state index contributed by atoms with van der Waals surface area (Å²) in [4.78, 5) is 0. The molecule has 0 aliphatic rings. The van der Waals surface area contributed by atoms with Gasteiger partial charge in [-0.3, -0.25) is 0 Å². The first-order valence-corrected chi connectivity index (χ1v) is 5.36. The number of hydrogen-bond donors (Lipinski definition) is 0. The average Bonchev–Trinajstić information content (AvgIpc) is 1.77. The number of rotatable bonds is 0. The zero-order valence-corrected chi connectivity index (χ0v) is 10.6. The minimum atomic E-state index is -6.09. The van der Waals surface area contributed by atoms with E-state index in [4.69, 9.17) is 25.9 Å². The largest absolute Gasteiger partial charge is 2.00 e. The van der Waals surface area contributed by atoms with E-state index in [0.717, 1.165) is 0 Å². The van der Waals surface area contributed by atoms with Crippen LogP contribution in [0, 0.1) is 46.9 Å². The Morgan fingerprint density at radius 1 is 0.667 bits per heavy atom. The molecule has 0 amide bonds. The van der Waals surface area contributed by atoms with Crippen LogP contribution in [0.3, 0.4) is 0 Å². The van der Waals surface area contributed by atoms with Crippen LogP contribution in [0.1, 0.15) is 0 Å². The van der Waals surface area contributed by atoms with E-state index in [1.54, 1.807) is 0 Å². The Balaban J connectivity index is -0.0000000980. The smallest absolute Gasteiger partial charge is 0.741 e. The summed E-state index contributed by atoms with van der Waals surface area (Å²) >= 11 is 0. The fourth-order valence-electron chi connectivity index (χ4n) is 0. The van der Waals surface area contributed by atoms with Gasteiger partial charge in [-0.2, -0.15) is 26.3 Å². The van der Waals surface area contributed by atoms with Gasteiger partial charge in [-0.15, -0.1) is 0 Å². The monoisotopic (exact) mass is 490 g/mol. The van der Waals surface area contributed by atoms with Gasteiger partial charge < -0.3 is 14.6 Å². The molecule has 0 aliphatic heterocycles. The summed E-state index contributed by atoms with van der Waals surface area (Å²) in [5, 5.41) is 0. The summed E-state index contributed by atoms with van der Waals surface area (Å²) in [6.07, 6.45) is 0. The van der Waals surface area contributed by atoms with Gasteiger partial charge in [0.25, 0.3) is 0 Å². The van der Waals surface area contributed by atoms with Gasteiger partial charge in [0, 0.05) is 0 Å². The molecule has 0 heterocycles. The molecule has 0 aromatic rings. The van der Waals surface area contributed by atoms with Crippen LogP contribution in [-0.2, 0) is 20.2 Å². The van der Waals surface area contributed by atoms with Gasteiger partial charge >= 0.3 is 57.9 Å². The van der Waals surface area contributed by atoms with E-state index < -0.39 is 31.3 Å². The van der Waals surface area contributed by atoms with Gasteiger partial charge in [0.1, 0.15) is 0 Å². The van der Waals surface area contributed by atoms with Crippen molar-refractivity contribution in [1.29, 1.82) is 0 Å². The summed E-state index contributed by atoms with van der Waals surface area (Å²) in [6, 6.07) is 0.